The van der Waals surface area contributed by atoms with Crippen LogP contribution in [0.25, 0.3) is 0 Å². The number of rotatable bonds is 3. The minimum atomic E-state index is 0. The van der Waals surface area contributed by atoms with Crippen LogP contribution in [-0.4, -0.2) is 47.6 Å². The fourth-order valence-corrected chi connectivity index (χ4v) is 0.671. The predicted molar refractivity (Wildman–Crippen MR) is 39.2 cm³/mol. The van der Waals surface area contributed by atoms with E-state index in [-0.39, 0.29) is 57.0 Å². The molecule has 0 saturated heterocycles. The fraction of sp³-hybridized carbons (Fsp3) is 1.00. The first-order valence-corrected chi connectivity index (χ1v) is 3.07. The summed E-state index contributed by atoms with van der Waals surface area (Å²) < 4.78 is 0. The average molecular weight is 285 g/mol. The summed E-state index contributed by atoms with van der Waals surface area (Å²) >= 11 is 0. The summed E-state index contributed by atoms with van der Waals surface area (Å²) in [5, 5.41) is 0. The van der Waals surface area contributed by atoms with E-state index in [4.69, 9.17) is 0 Å². The maximum absolute atomic E-state index is 2.38. The largest absolute Gasteiger partial charge is 2.00 e. The minimum absolute atomic E-state index is 0. The van der Waals surface area contributed by atoms with Crippen LogP contribution < -0.4 is 34.0 Å². The Morgan fingerprint density at radius 3 is 1.00 bits per heavy atom. The van der Waals surface area contributed by atoms with Gasteiger partial charge >= 0.3 is 23.1 Å². The van der Waals surface area contributed by atoms with Gasteiger partial charge in [0.25, 0.3) is 0 Å². The molecule has 0 spiro atoms. The number of hydrogen-bond donors (Lipinski definition) is 0. The van der Waals surface area contributed by atoms with E-state index in [1.165, 1.54) is 19.6 Å². The molecule has 0 rings (SSSR count). The van der Waals surface area contributed by atoms with Gasteiger partial charge in [-0.1, -0.05) is 20.8 Å². The van der Waals surface area contributed by atoms with Gasteiger partial charge in [-0.2, -0.15) is 0 Å². The first-order chi connectivity index (χ1) is 3.35. The van der Waals surface area contributed by atoms with Crippen LogP contribution in [0.2, 0.25) is 0 Å². The third-order valence-corrected chi connectivity index (χ3v) is 1.34. The van der Waals surface area contributed by atoms with Crippen molar-refractivity contribution in [3.63, 3.8) is 0 Å². The molecule has 0 bridgehead atoms. The summed E-state index contributed by atoms with van der Waals surface area (Å²) in [5.74, 6) is 0. The Morgan fingerprint density at radius 1 is 0.800 bits per heavy atom. The van der Waals surface area contributed by atoms with Gasteiger partial charge in [-0.05, 0) is 19.6 Å². The average Bonchev–Trinajstić information content (AvgIpc) is 1.72. The van der Waals surface area contributed by atoms with Crippen molar-refractivity contribution in [2.24, 2.45) is 0 Å². The molecule has 0 fully saturated rings. The van der Waals surface area contributed by atoms with Gasteiger partial charge in [-0.25, -0.2) is 0 Å². The molecule has 0 atom stereocenters. The molecule has 10 heavy (non-hydrogen) atoms. The number of nitrogens with zero attached hydrogens (tertiary/aromatic N) is 1. The summed E-state index contributed by atoms with van der Waals surface area (Å²) in [6.45, 7) is 10.1. The molecule has 0 aromatic heterocycles. The van der Waals surface area contributed by atoms with E-state index in [0.29, 0.717) is 0 Å². The molecule has 0 aromatic rings. The fourth-order valence-electron chi connectivity index (χ4n) is 0.671. The molecule has 0 radical (unpaired) electrons. The molecule has 0 saturated carbocycles. The van der Waals surface area contributed by atoms with Crippen LogP contribution in [0.4, 0.5) is 0 Å². The van der Waals surface area contributed by atoms with E-state index in [0.717, 1.165) is 0 Å². The second-order valence-electron chi connectivity index (χ2n) is 1.62. The van der Waals surface area contributed by atoms with Gasteiger partial charge in [0.2, 0.25) is 0 Å². The Morgan fingerprint density at radius 2 is 1.00 bits per heavy atom. The van der Waals surface area contributed by atoms with Crippen LogP contribution in [0.1, 0.15) is 20.8 Å². The smallest absolute Gasteiger partial charge is 1.00 e. The Labute approximate surface area is 102 Å². The summed E-state index contributed by atoms with van der Waals surface area (Å²) in [7, 11) is 0. The first-order valence-electron chi connectivity index (χ1n) is 3.07. The maximum Gasteiger partial charge on any atom is 2.00 e. The van der Waals surface area contributed by atoms with Crippen molar-refractivity contribution in [1.29, 1.82) is 0 Å². The molecule has 1 nitrogen and oxygen atoms in total. The summed E-state index contributed by atoms with van der Waals surface area (Å²) in [6.07, 6.45) is 0. The molecule has 0 N–H and O–H groups in total. The minimum Gasteiger partial charge on any atom is -1.00 e. The second kappa shape index (κ2) is 17.0. The van der Waals surface area contributed by atoms with E-state index in [1.807, 2.05) is 0 Å². The summed E-state index contributed by atoms with van der Waals surface area (Å²) in [5.41, 5.74) is 0. The van der Waals surface area contributed by atoms with Crippen LogP contribution >= 0.6 is 0 Å². The summed E-state index contributed by atoms with van der Waals surface area (Å²) in [4.78, 5) is 2.38. The van der Waals surface area contributed by atoms with E-state index in [9.17, 15) is 0 Å². The van der Waals surface area contributed by atoms with Crippen molar-refractivity contribution in [2.45, 2.75) is 20.8 Å². The topological polar surface area (TPSA) is 3.24 Å². The third-order valence-electron chi connectivity index (χ3n) is 1.34. The van der Waals surface area contributed by atoms with Gasteiger partial charge in [0, 0.05) is 0 Å². The van der Waals surface area contributed by atoms with E-state index in [1.54, 1.807) is 0 Å². The Balaban J connectivity index is -0.0000000600. The molecule has 0 unspecified atom stereocenters. The standard InChI is InChI=1S/C6H15N.2BrH.Mg/c1-4-7(5-2)6-3;;;/h4-6H2,1-3H3;2*1H;/q;;;+2/p-2. The van der Waals surface area contributed by atoms with Crippen molar-refractivity contribution in [2.75, 3.05) is 19.6 Å². The SMILES string of the molecule is CCN(CC)CC.[Br-].[Br-].[Mg+2]. The Bertz CT molecular complexity index is 37.2. The van der Waals surface area contributed by atoms with Crippen LogP contribution in [0.5, 0.6) is 0 Å². The molecule has 0 aliphatic carbocycles. The van der Waals surface area contributed by atoms with Gasteiger partial charge < -0.3 is 38.9 Å². The normalized spacial score (nSPS) is 7.20. The predicted octanol–water partition coefficient (Wildman–Crippen LogP) is -5.02. The van der Waals surface area contributed by atoms with Gasteiger partial charge in [0.1, 0.15) is 0 Å². The number of hydrogen-bond acceptors (Lipinski definition) is 1. The van der Waals surface area contributed by atoms with E-state index >= 15 is 0 Å². The molecule has 0 aromatic carbocycles. The van der Waals surface area contributed by atoms with Crippen molar-refractivity contribution >= 4 is 23.1 Å². The summed E-state index contributed by atoms with van der Waals surface area (Å²) in [6, 6.07) is 0. The Kier molecular flexibility index (Phi) is 38.3. The zero-order valence-electron chi connectivity index (χ0n) is 7.03. The number of halogens is 2. The van der Waals surface area contributed by atoms with E-state index < -0.39 is 0 Å². The van der Waals surface area contributed by atoms with Crippen molar-refractivity contribution in [3.8, 4) is 0 Å². The van der Waals surface area contributed by atoms with Crippen molar-refractivity contribution < 1.29 is 34.0 Å². The molecule has 0 aliphatic rings. The zero-order valence-corrected chi connectivity index (χ0v) is 11.6. The van der Waals surface area contributed by atoms with Gasteiger partial charge in [0.05, 0.1) is 0 Å². The van der Waals surface area contributed by atoms with Crippen LogP contribution in [-0.2, 0) is 0 Å². The molecule has 0 amide bonds. The zero-order chi connectivity index (χ0) is 5.70. The molecule has 0 heterocycles. The first kappa shape index (κ1) is 22.6. The molecule has 4 heteroatoms. The third kappa shape index (κ3) is 12.4. The second-order valence-corrected chi connectivity index (χ2v) is 1.62. The quantitative estimate of drug-likeness (QED) is 0.469. The van der Waals surface area contributed by atoms with Gasteiger partial charge in [0.15, 0.2) is 0 Å². The monoisotopic (exact) mass is 283 g/mol. The maximum atomic E-state index is 2.38. The van der Waals surface area contributed by atoms with Gasteiger partial charge in [-0.3, -0.25) is 0 Å². The molecule has 0 aliphatic heterocycles. The molecular formula is C6H15Br2MgN. The van der Waals surface area contributed by atoms with Crippen LogP contribution in [0, 0.1) is 0 Å². The Hall–Kier alpha value is 1.69. The van der Waals surface area contributed by atoms with Crippen molar-refractivity contribution in [3.05, 3.63) is 0 Å². The van der Waals surface area contributed by atoms with Gasteiger partial charge in [-0.15, -0.1) is 0 Å². The van der Waals surface area contributed by atoms with E-state index in [2.05, 4.69) is 25.7 Å². The molecule has 60 valence electrons. The van der Waals surface area contributed by atoms with Crippen LogP contribution in [0.3, 0.4) is 0 Å². The molecular weight excluding hydrogens is 270 g/mol. The van der Waals surface area contributed by atoms with Crippen LogP contribution in [0.15, 0.2) is 0 Å². The van der Waals surface area contributed by atoms with Crippen molar-refractivity contribution in [1.82, 2.24) is 4.90 Å².